The number of anilines is 2. The molecule has 2 aromatic carbocycles. The van der Waals surface area contributed by atoms with Gasteiger partial charge in [0.1, 0.15) is 0 Å². The van der Waals surface area contributed by atoms with E-state index in [2.05, 4.69) is 65.1 Å². The maximum atomic E-state index is 12.7. The third kappa shape index (κ3) is 6.73. The maximum Gasteiger partial charge on any atom is 0.251 e. The average Bonchev–Trinajstić information content (AvgIpc) is 2.84. The number of amides is 1. The minimum atomic E-state index is -0.109. The van der Waals surface area contributed by atoms with Crippen LogP contribution in [0.2, 0.25) is 0 Å². The van der Waals surface area contributed by atoms with Crippen molar-refractivity contribution in [1.82, 2.24) is 20.6 Å². The molecule has 172 valence electrons. The Bertz CT molecular complexity index is 1120. The van der Waals surface area contributed by atoms with Crippen LogP contribution in [0.1, 0.15) is 47.3 Å². The number of carbonyl (C=O) groups is 1. The van der Waals surface area contributed by atoms with Crippen molar-refractivity contribution in [2.45, 2.75) is 33.6 Å². The van der Waals surface area contributed by atoms with Crippen molar-refractivity contribution in [2.75, 3.05) is 25.5 Å². The predicted octanol–water partition coefficient (Wildman–Crippen LogP) is 5.13. The van der Waals surface area contributed by atoms with E-state index in [9.17, 15) is 4.79 Å². The highest BCUT2D eigenvalue weighted by Crippen LogP contribution is 2.25. The molecule has 0 radical (unpaired) electrons. The van der Waals surface area contributed by atoms with Crippen LogP contribution >= 0.6 is 0 Å². The van der Waals surface area contributed by atoms with Gasteiger partial charge in [-0.25, -0.2) is 9.97 Å². The number of hydrogen-bond acceptors (Lipinski definition) is 5. The van der Waals surface area contributed by atoms with E-state index >= 15 is 0 Å². The third-order valence-electron chi connectivity index (χ3n) is 5.26. The van der Waals surface area contributed by atoms with Gasteiger partial charge in [-0.1, -0.05) is 44.2 Å². The van der Waals surface area contributed by atoms with Gasteiger partial charge in [0.25, 0.3) is 5.91 Å². The molecule has 0 aliphatic heterocycles. The summed E-state index contributed by atoms with van der Waals surface area (Å²) in [6, 6.07) is 14.1. The van der Waals surface area contributed by atoms with Gasteiger partial charge in [0, 0.05) is 36.1 Å². The standard InChI is InChI=1S/C27H33N5O/c1-5-7-9-21-15-23(26(33)29-13-12-28-4)17-24(16-21)31-27-30-18-19(3)25(32-27)22-11-8-10-20(6-2)14-22/h7-11,14-18,28H,5-6,12-13H2,1-4H3,(H,29,33)(H,30,31,32)/b9-7+. The summed E-state index contributed by atoms with van der Waals surface area (Å²) in [5.74, 6) is 0.387. The summed E-state index contributed by atoms with van der Waals surface area (Å²) < 4.78 is 0. The Morgan fingerprint density at radius 1 is 1.09 bits per heavy atom. The summed E-state index contributed by atoms with van der Waals surface area (Å²) in [6.07, 6.45) is 7.81. The Morgan fingerprint density at radius 3 is 2.70 bits per heavy atom. The average molecular weight is 444 g/mol. The van der Waals surface area contributed by atoms with Crippen molar-refractivity contribution in [1.29, 1.82) is 0 Å². The fourth-order valence-electron chi connectivity index (χ4n) is 3.47. The minimum Gasteiger partial charge on any atom is -0.351 e. The topological polar surface area (TPSA) is 78.9 Å². The van der Waals surface area contributed by atoms with Gasteiger partial charge in [-0.15, -0.1) is 0 Å². The molecule has 3 aromatic rings. The number of likely N-dealkylation sites (N-methyl/N-ethyl adjacent to an activating group) is 1. The van der Waals surface area contributed by atoms with Gasteiger partial charge in [0.15, 0.2) is 0 Å². The van der Waals surface area contributed by atoms with Crippen LogP contribution in [0, 0.1) is 6.92 Å². The first-order valence-electron chi connectivity index (χ1n) is 11.5. The molecule has 0 fully saturated rings. The van der Waals surface area contributed by atoms with Gasteiger partial charge in [0.2, 0.25) is 5.95 Å². The number of nitrogens with one attached hydrogen (secondary N) is 3. The highest BCUT2D eigenvalue weighted by atomic mass is 16.1. The van der Waals surface area contributed by atoms with Crippen LogP contribution in [0.4, 0.5) is 11.6 Å². The third-order valence-corrected chi connectivity index (χ3v) is 5.26. The van der Waals surface area contributed by atoms with E-state index in [-0.39, 0.29) is 5.91 Å². The van der Waals surface area contributed by atoms with E-state index in [4.69, 9.17) is 4.98 Å². The Hall–Kier alpha value is -3.51. The van der Waals surface area contributed by atoms with Crippen molar-refractivity contribution >= 4 is 23.6 Å². The fourth-order valence-corrected chi connectivity index (χ4v) is 3.47. The summed E-state index contributed by atoms with van der Waals surface area (Å²) in [7, 11) is 1.86. The lowest BCUT2D eigenvalue weighted by atomic mass is 10.0. The highest BCUT2D eigenvalue weighted by Gasteiger charge is 2.11. The summed E-state index contributed by atoms with van der Waals surface area (Å²) in [5.41, 5.74) is 6.56. The molecule has 1 heterocycles. The normalized spacial score (nSPS) is 11.0. The molecule has 3 rings (SSSR count). The maximum absolute atomic E-state index is 12.7. The van der Waals surface area contributed by atoms with Crippen LogP contribution in [0.5, 0.6) is 0 Å². The summed E-state index contributed by atoms with van der Waals surface area (Å²) in [4.78, 5) is 21.9. The Labute approximate surface area is 196 Å². The SMILES string of the molecule is CC/C=C/c1cc(Nc2ncc(C)c(-c3cccc(CC)c3)n2)cc(C(=O)NCCNC)c1. The molecular formula is C27H33N5O. The Balaban J connectivity index is 1.92. The van der Waals surface area contributed by atoms with E-state index in [1.807, 2.05) is 44.4 Å². The number of aromatic nitrogens is 2. The van der Waals surface area contributed by atoms with E-state index < -0.39 is 0 Å². The monoisotopic (exact) mass is 443 g/mol. The van der Waals surface area contributed by atoms with Gasteiger partial charge >= 0.3 is 0 Å². The van der Waals surface area contributed by atoms with Crippen molar-refractivity contribution in [3.05, 3.63) is 77.0 Å². The van der Waals surface area contributed by atoms with Gasteiger partial charge in [-0.2, -0.15) is 0 Å². The molecule has 6 heteroatoms. The highest BCUT2D eigenvalue weighted by molar-refractivity contribution is 5.96. The first-order chi connectivity index (χ1) is 16.0. The molecule has 1 amide bonds. The zero-order chi connectivity index (χ0) is 23.6. The molecular weight excluding hydrogens is 410 g/mol. The van der Waals surface area contributed by atoms with Gasteiger partial charge in [0.05, 0.1) is 5.69 Å². The number of rotatable bonds is 10. The Kier molecular flexibility index (Phi) is 8.72. The molecule has 6 nitrogen and oxygen atoms in total. The molecule has 1 aromatic heterocycles. The molecule has 3 N–H and O–H groups in total. The van der Waals surface area contributed by atoms with Crippen LogP contribution in [0.25, 0.3) is 17.3 Å². The molecule has 0 aliphatic carbocycles. The van der Waals surface area contributed by atoms with Gasteiger partial charge in [-0.05, 0) is 67.8 Å². The van der Waals surface area contributed by atoms with Crippen molar-refractivity contribution in [3.8, 4) is 11.3 Å². The summed E-state index contributed by atoms with van der Waals surface area (Å²) in [6.45, 7) is 7.52. The second-order valence-electron chi connectivity index (χ2n) is 7.92. The Morgan fingerprint density at radius 2 is 1.94 bits per heavy atom. The summed E-state index contributed by atoms with van der Waals surface area (Å²) >= 11 is 0. The van der Waals surface area contributed by atoms with E-state index in [1.165, 1.54) is 5.56 Å². The van der Waals surface area contributed by atoms with Gasteiger partial charge in [-0.3, -0.25) is 4.79 Å². The van der Waals surface area contributed by atoms with Crippen molar-refractivity contribution in [3.63, 3.8) is 0 Å². The lowest BCUT2D eigenvalue weighted by Gasteiger charge is -2.12. The first-order valence-corrected chi connectivity index (χ1v) is 11.5. The second-order valence-corrected chi connectivity index (χ2v) is 7.92. The first kappa shape index (κ1) is 24.1. The van der Waals surface area contributed by atoms with Crippen LogP contribution in [-0.2, 0) is 6.42 Å². The zero-order valence-corrected chi connectivity index (χ0v) is 19.9. The van der Waals surface area contributed by atoms with Crippen molar-refractivity contribution < 1.29 is 4.79 Å². The quantitative estimate of drug-likeness (QED) is 0.379. The van der Waals surface area contributed by atoms with E-state index in [0.717, 1.165) is 40.9 Å². The zero-order valence-electron chi connectivity index (χ0n) is 19.9. The number of nitrogens with zero attached hydrogens (tertiary/aromatic N) is 2. The number of benzene rings is 2. The number of hydrogen-bond donors (Lipinski definition) is 3. The molecule has 0 saturated heterocycles. The number of carbonyl (C=O) groups excluding carboxylic acids is 1. The second kappa shape index (κ2) is 11.9. The van der Waals surface area contributed by atoms with Gasteiger partial charge < -0.3 is 16.0 Å². The molecule has 0 spiro atoms. The van der Waals surface area contributed by atoms with Crippen molar-refractivity contribution in [2.24, 2.45) is 0 Å². The molecule has 0 aliphatic rings. The fraction of sp³-hybridized carbons (Fsp3) is 0.296. The number of allylic oxidation sites excluding steroid dienone is 1. The number of aryl methyl sites for hydroxylation is 2. The predicted molar refractivity (Wildman–Crippen MR) is 137 cm³/mol. The molecule has 0 unspecified atom stereocenters. The van der Waals surface area contributed by atoms with E-state index in [1.54, 1.807) is 0 Å². The molecule has 33 heavy (non-hydrogen) atoms. The van der Waals surface area contributed by atoms with Crippen LogP contribution < -0.4 is 16.0 Å². The smallest absolute Gasteiger partial charge is 0.251 e. The molecule has 0 atom stereocenters. The molecule has 0 saturated carbocycles. The largest absolute Gasteiger partial charge is 0.351 e. The van der Waals surface area contributed by atoms with E-state index in [0.29, 0.717) is 24.6 Å². The lowest BCUT2D eigenvalue weighted by Crippen LogP contribution is -2.30. The van der Waals surface area contributed by atoms with Crippen LogP contribution in [0.3, 0.4) is 0 Å². The lowest BCUT2D eigenvalue weighted by molar-refractivity contribution is 0.0954. The minimum absolute atomic E-state index is 0.109. The summed E-state index contributed by atoms with van der Waals surface area (Å²) in [5, 5.41) is 9.27. The van der Waals surface area contributed by atoms with Crippen LogP contribution in [0.15, 0.2) is 54.7 Å². The van der Waals surface area contributed by atoms with Crippen LogP contribution in [-0.4, -0.2) is 36.0 Å². The molecule has 0 bridgehead atoms.